The molecule has 1 unspecified atom stereocenters. The van der Waals surface area contributed by atoms with E-state index >= 15 is 0 Å². The molecule has 7 heteroatoms. The predicted octanol–water partition coefficient (Wildman–Crippen LogP) is 1.86. The lowest BCUT2D eigenvalue weighted by Gasteiger charge is -2.16. The van der Waals surface area contributed by atoms with E-state index in [2.05, 4.69) is 16.0 Å². The zero-order chi connectivity index (χ0) is 14.4. The number of urea groups is 1. The summed E-state index contributed by atoms with van der Waals surface area (Å²) in [6.45, 7) is 1.73. The molecule has 3 N–H and O–H groups in total. The van der Waals surface area contributed by atoms with E-state index in [4.69, 9.17) is 0 Å². The van der Waals surface area contributed by atoms with Gasteiger partial charge < -0.3 is 16.0 Å². The van der Waals surface area contributed by atoms with Gasteiger partial charge in [-0.15, -0.1) is 0 Å². The molecule has 1 saturated heterocycles. The third-order valence-corrected chi connectivity index (χ3v) is 3.20. The van der Waals surface area contributed by atoms with Crippen LogP contribution in [0.4, 0.5) is 16.2 Å². The number of carbonyl (C=O) groups is 1. The minimum Gasteiger partial charge on any atom is -0.334 e. The minimum absolute atomic E-state index is 0.0427. The fraction of sp³-hybridized carbons (Fsp3) is 0.462. The van der Waals surface area contributed by atoms with Crippen LogP contribution in [-0.2, 0) is 0 Å². The first-order valence-electron chi connectivity index (χ1n) is 6.68. The van der Waals surface area contributed by atoms with E-state index in [1.807, 2.05) is 0 Å². The molecule has 7 nitrogen and oxygen atoms in total. The van der Waals surface area contributed by atoms with Crippen molar-refractivity contribution in [1.29, 1.82) is 0 Å². The predicted molar refractivity (Wildman–Crippen MR) is 75.8 cm³/mol. The van der Waals surface area contributed by atoms with Crippen molar-refractivity contribution in [3.63, 3.8) is 0 Å². The van der Waals surface area contributed by atoms with E-state index in [9.17, 15) is 14.9 Å². The summed E-state index contributed by atoms with van der Waals surface area (Å²) in [5.74, 6) is 0. The molecule has 2 amide bonds. The Balaban J connectivity index is 1.90. The second kappa shape index (κ2) is 6.85. The van der Waals surface area contributed by atoms with E-state index < -0.39 is 4.92 Å². The van der Waals surface area contributed by atoms with Gasteiger partial charge in [0.15, 0.2) is 0 Å². The van der Waals surface area contributed by atoms with Gasteiger partial charge in [0.1, 0.15) is 0 Å². The first kappa shape index (κ1) is 14.3. The Morgan fingerprint density at radius 1 is 1.40 bits per heavy atom. The molecule has 1 heterocycles. The molecule has 1 aliphatic heterocycles. The molecule has 0 aliphatic carbocycles. The maximum Gasteiger partial charge on any atom is 0.319 e. The maximum atomic E-state index is 11.9. The topological polar surface area (TPSA) is 96.3 Å². The van der Waals surface area contributed by atoms with Gasteiger partial charge >= 0.3 is 6.03 Å². The lowest BCUT2D eigenvalue weighted by atomic mass is 10.1. The monoisotopic (exact) mass is 278 g/mol. The Morgan fingerprint density at radius 3 is 3.05 bits per heavy atom. The number of nitrogens with zero attached hydrogens (tertiary/aromatic N) is 1. The van der Waals surface area contributed by atoms with Crippen molar-refractivity contribution >= 4 is 17.4 Å². The number of nitro benzene ring substituents is 1. The Kier molecular flexibility index (Phi) is 4.89. The number of benzene rings is 1. The first-order chi connectivity index (χ1) is 9.65. The molecule has 1 aromatic carbocycles. The van der Waals surface area contributed by atoms with Gasteiger partial charge in [-0.1, -0.05) is 12.5 Å². The minimum atomic E-state index is -0.488. The van der Waals surface area contributed by atoms with E-state index in [1.54, 1.807) is 12.1 Å². The number of hydrogen-bond acceptors (Lipinski definition) is 4. The van der Waals surface area contributed by atoms with E-state index in [-0.39, 0.29) is 17.8 Å². The van der Waals surface area contributed by atoms with Crippen LogP contribution in [-0.4, -0.2) is 30.1 Å². The molecule has 1 aliphatic rings. The number of amides is 2. The molecule has 0 saturated carbocycles. The third kappa shape index (κ3) is 4.20. The maximum absolute atomic E-state index is 11.9. The molecule has 1 aromatic rings. The number of non-ortho nitro benzene ring substituents is 1. The summed E-state index contributed by atoms with van der Waals surface area (Å²) in [7, 11) is 0. The Labute approximate surface area is 116 Å². The van der Waals surface area contributed by atoms with Gasteiger partial charge in [-0.25, -0.2) is 4.79 Å². The highest BCUT2D eigenvalue weighted by atomic mass is 16.6. The number of nitrogens with one attached hydrogen (secondary N) is 3. The Bertz CT molecular complexity index is 484. The van der Waals surface area contributed by atoms with Crippen LogP contribution in [0, 0.1) is 10.1 Å². The normalized spacial score (nSPS) is 18.9. The van der Waals surface area contributed by atoms with Crippen molar-refractivity contribution < 1.29 is 9.72 Å². The van der Waals surface area contributed by atoms with Crippen molar-refractivity contribution in [2.75, 3.05) is 18.4 Å². The van der Waals surface area contributed by atoms with E-state index in [0.29, 0.717) is 5.69 Å². The quantitative estimate of drug-likeness (QED) is 0.580. The summed E-state index contributed by atoms with van der Waals surface area (Å²) in [6.07, 6.45) is 3.13. The SMILES string of the molecule is O=C(Nc1cccc([N+](=O)[O-])c1)NC1CCCCNC1. The van der Waals surface area contributed by atoms with Crippen LogP contribution in [0.3, 0.4) is 0 Å². The molecule has 1 fully saturated rings. The van der Waals surface area contributed by atoms with Gasteiger partial charge in [0.2, 0.25) is 0 Å². The third-order valence-electron chi connectivity index (χ3n) is 3.20. The number of hydrogen-bond donors (Lipinski definition) is 3. The molecule has 0 spiro atoms. The molecular weight excluding hydrogens is 260 g/mol. The number of nitro groups is 1. The molecule has 2 rings (SSSR count). The Hall–Kier alpha value is -2.15. The number of carbonyl (C=O) groups excluding carboxylic acids is 1. The fourth-order valence-corrected chi connectivity index (χ4v) is 2.19. The summed E-state index contributed by atoms with van der Waals surface area (Å²) >= 11 is 0. The molecule has 0 bridgehead atoms. The molecular formula is C13H18N4O3. The average Bonchev–Trinajstić information content (AvgIpc) is 2.67. The lowest BCUT2D eigenvalue weighted by Crippen LogP contribution is -2.42. The second-order valence-electron chi connectivity index (χ2n) is 4.80. The van der Waals surface area contributed by atoms with Crippen LogP contribution in [0.15, 0.2) is 24.3 Å². The van der Waals surface area contributed by atoms with Gasteiger partial charge in [0.25, 0.3) is 5.69 Å². The molecule has 108 valence electrons. The highest BCUT2D eigenvalue weighted by Gasteiger charge is 2.15. The largest absolute Gasteiger partial charge is 0.334 e. The van der Waals surface area contributed by atoms with Crippen LogP contribution in [0.1, 0.15) is 19.3 Å². The standard InChI is InChI=1S/C13H18N4O3/c18-13(16-11-4-1-2-7-14-9-11)15-10-5-3-6-12(8-10)17(19)20/h3,5-6,8,11,14H,1-2,4,7,9H2,(H2,15,16,18). The molecule has 0 aromatic heterocycles. The van der Waals surface area contributed by atoms with Gasteiger partial charge in [0, 0.05) is 30.4 Å². The molecule has 20 heavy (non-hydrogen) atoms. The summed E-state index contributed by atoms with van der Waals surface area (Å²) < 4.78 is 0. The van der Waals surface area contributed by atoms with E-state index in [0.717, 1.165) is 32.4 Å². The molecule has 1 atom stereocenters. The van der Waals surface area contributed by atoms with Crippen molar-refractivity contribution in [3.05, 3.63) is 34.4 Å². The summed E-state index contributed by atoms with van der Waals surface area (Å²) in [5, 5.41) is 19.4. The lowest BCUT2D eigenvalue weighted by molar-refractivity contribution is -0.384. The van der Waals surface area contributed by atoms with Crippen LogP contribution in [0.25, 0.3) is 0 Å². The van der Waals surface area contributed by atoms with Crippen LogP contribution in [0.5, 0.6) is 0 Å². The zero-order valence-electron chi connectivity index (χ0n) is 11.1. The Morgan fingerprint density at radius 2 is 2.25 bits per heavy atom. The van der Waals surface area contributed by atoms with Gasteiger partial charge in [-0.3, -0.25) is 10.1 Å². The van der Waals surface area contributed by atoms with Crippen molar-refractivity contribution in [3.8, 4) is 0 Å². The molecule has 0 radical (unpaired) electrons. The number of anilines is 1. The number of rotatable bonds is 3. The summed E-state index contributed by atoms with van der Waals surface area (Å²) in [5.41, 5.74) is 0.372. The fourth-order valence-electron chi connectivity index (χ4n) is 2.19. The highest BCUT2D eigenvalue weighted by molar-refractivity contribution is 5.89. The summed E-state index contributed by atoms with van der Waals surface area (Å²) in [6, 6.07) is 5.65. The second-order valence-corrected chi connectivity index (χ2v) is 4.80. The average molecular weight is 278 g/mol. The van der Waals surface area contributed by atoms with Crippen molar-refractivity contribution in [2.24, 2.45) is 0 Å². The van der Waals surface area contributed by atoms with Crippen molar-refractivity contribution in [1.82, 2.24) is 10.6 Å². The van der Waals surface area contributed by atoms with Gasteiger partial charge in [-0.2, -0.15) is 0 Å². The van der Waals surface area contributed by atoms with Crippen LogP contribution < -0.4 is 16.0 Å². The smallest absolute Gasteiger partial charge is 0.319 e. The summed E-state index contributed by atoms with van der Waals surface area (Å²) in [4.78, 5) is 22.0. The van der Waals surface area contributed by atoms with Crippen LogP contribution in [0.2, 0.25) is 0 Å². The zero-order valence-corrected chi connectivity index (χ0v) is 11.1. The van der Waals surface area contributed by atoms with Crippen molar-refractivity contribution in [2.45, 2.75) is 25.3 Å². The van der Waals surface area contributed by atoms with Gasteiger partial charge in [0.05, 0.1) is 4.92 Å². The highest BCUT2D eigenvalue weighted by Crippen LogP contribution is 2.16. The van der Waals surface area contributed by atoms with Crippen LogP contribution >= 0.6 is 0 Å². The first-order valence-corrected chi connectivity index (χ1v) is 6.68. The van der Waals surface area contributed by atoms with E-state index in [1.165, 1.54) is 12.1 Å². The van der Waals surface area contributed by atoms with Gasteiger partial charge in [-0.05, 0) is 25.5 Å².